The first-order chi connectivity index (χ1) is 9.06. The minimum absolute atomic E-state index is 0.124. The fourth-order valence-corrected chi connectivity index (χ4v) is 2.29. The third kappa shape index (κ3) is 3.65. The van der Waals surface area contributed by atoms with E-state index in [1.165, 1.54) is 6.07 Å². The van der Waals surface area contributed by atoms with Crippen LogP contribution in [-0.4, -0.2) is 61.0 Å². The van der Waals surface area contributed by atoms with Crippen molar-refractivity contribution in [3.63, 3.8) is 0 Å². The summed E-state index contributed by atoms with van der Waals surface area (Å²) in [4.78, 5) is 15.0. The number of piperazine rings is 1. The van der Waals surface area contributed by atoms with Crippen LogP contribution in [0.4, 0.5) is 11.4 Å². The number of hydrogen-bond acceptors (Lipinski definition) is 5. The Labute approximate surface area is 113 Å². The van der Waals surface area contributed by atoms with Gasteiger partial charge >= 0.3 is 0 Å². The second-order valence-electron chi connectivity index (χ2n) is 5.09. The lowest BCUT2D eigenvalue weighted by Crippen LogP contribution is -2.52. The van der Waals surface area contributed by atoms with Crippen LogP contribution >= 0.6 is 0 Å². The highest BCUT2D eigenvalue weighted by atomic mass is 16.6. The van der Waals surface area contributed by atoms with Crippen LogP contribution in [0.2, 0.25) is 0 Å². The van der Waals surface area contributed by atoms with Crippen LogP contribution in [0, 0.1) is 10.1 Å². The minimum atomic E-state index is -0.369. The largest absolute Gasteiger partial charge is 0.383 e. The number of nitrogens with zero attached hydrogens (tertiary/aromatic N) is 3. The highest BCUT2D eigenvalue weighted by molar-refractivity contribution is 5.51. The Morgan fingerprint density at radius 3 is 2.95 bits per heavy atom. The molecular formula is C13H20N4O2. The molecule has 6 heteroatoms. The van der Waals surface area contributed by atoms with E-state index in [9.17, 15) is 10.1 Å². The number of nitro groups is 1. The molecule has 0 saturated carbocycles. The number of nitro benzene ring substituents is 1. The van der Waals surface area contributed by atoms with Gasteiger partial charge in [0.1, 0.15) is 0 Å². The van der Waals surface area contributed by atoms with Crippen molar-refractivity contribution in [2.75, 3.05) is 45.6 Å². The van der Waals surface area contributed by atoms with Crippen LogP contribution in [0.15, 0.2) is 24.3 Å². The lowest BCUT2D eigenvalue weighted by atomic mass is 10.2. The average molecular weight is 264 g/mol. The summed E-state index contributed by atoms with van der Waals surface area (Å²) in [5, 5.41) is 14.0. The Bertz CT molecular complexity index is 452. The molecule has 104 valence electrons. The van der Waals surface area contributed by atoms with E-state index < -0.39 is 0 Å². The average Bonchev–Trinajstić information content (AvgIpc) is 2.40. The van der Waals surface area contributed by atoms with Crippen molar-refractivity contribution in [2.45, 2.75) is 6.04 Å². The van der Waals surface area contributed by atoms with E-state index in [1.54, 1.807) is 12.1 Å². The quantitative estimate of drug-likeness (QED) is 0.655. The maximum Gasteiger partial charge on any atom is 0.271 e. The second kappa shape index (κ2) is 5.99. The molecule has 2 rings (SSSR count). The van der Waals surface area contributed by atoms with Crippen LogP contribution in [0.1, 0.15) is 0 Å². The van der Waals surface area contributed by atoms with Crippen LogP contribution in [0.3, 0.4) is 0 Å². The highest BCUT2D eigenvalue weighted by Gasteiger charge is 2.21. The van der Waals surface area contributed by atoms with Gasteiger partial charge in [0.15, 0.2) is 0 Å². The van der Waals surface area contributed by atoms with Crippen LogP contribution in [-0.2, 0) is 0 Å². The topological polar surface area (TPSA) is 61.6 Å². The van der Waals surface area contributed by atoms with Gasteiger partial charge in [0, 0.05) is 50.0 Å². The summed E-state index contributed by atoms with van der Waals surface area (Å²) in [5.41, 5.74) is 0.926. The van der Waals surface area contributed by atoms with Crippen molar-refractivity contribution < 1.29 is 4.92 Å². The molecule has 1 heterocycles. The Balaban J connectivity index is 1.94. The number of anilines is 1. The predicted octanol–water partition coefficient (Wildman–Crippen LogP) is 1.25. The van der Waals surface area contributed by atoms with Crippen molar-refractivity contribution in [1.82, 2.24) is 9.80 Å². The fraction of sp³-hybridized carbons (Fsp3) is 0.538. The molecule has 1 aromatic rings. The Morgan fingerprint density at radius 1 is 1.42 bits per heavy atom. The lowest BCUT2D eigenvalue weighted by molar-refractivity contribution is -0.384. The molecule has 1 fully saturated rings. The predicted molar refractivity (Wildman–Crippen MR) is 75.5 cm³/mol. The lowest BCUT2D eigenvalue weighted by Gasteiger charge is -2.37. The van der Waals surface area contributed by atoms with Crippen molar-refractivity contribution in [3.8, 4) is 0 Å². The number of non-ortho nitro benzene ring substituents is 1. The fourth-order valence-electron chi connectivity index (χ4n) is 2.29. The third-order valence-electron chi connectivity index (χ3n) is 3.58. The molecule has 1 saturated heterocycles. The van der Waals surface area contributed by atoms with Crippen LogP contribution < -0.4 is 5.32 Å². The molecule has 19 heavy (non-hydrogen) atoms. The Kier molecular flexibility index (Phi) is 4.34. The van der Waals surface area contributed by atoms with E-state index in [1.807, 2.05) is 6.07 Å². The molecule has 0 aromatic heterocycles. The van der Waals surface area contributed by atoms with Crippen LogP contribution in [0.5, 0.6) is 0 Å². The van der Waals surface area contributed by atoms with Gasteiger partial charge in [0.05, 0.1) is 4.92 Å². The van der Waals surface area contributed by atoms with E-state index in [0.717, 1.165) is 31.9 Å². The zero-order valence-corrected chi connectivity index (χ0v) is 11.4. The smallest absolute Gasteiger partial charge is 0.271 e. The van der Waals surface area contributed by atoms with E-state index in [-0.39, 0.29) is 10.6 Å². The molecular weight excluding hydrogens is 244 g/mol. The first-order valence-corrected chi connectivity index (χ1v) is 6.43. The van der Waals surface area contributed by atoms with E-state index in [4.69, 9.17) is 0 Å². The van der Waals surface area contributed by atoms with E-state index in [0.29, 0.717) is 6.04 Å². The van der Waals surface area contributed by atoms with Crippen molar-refractivity contribution in [1.29, 1.82) is 0 Å². The van der Waals surface area contributed by atoms with Gasteiger partial charge in [-0.25, -0.2) is 0 Å². The van der Waals surface area contributed by atoms with Crippen LogP contribution in [0.25, 0.3) is 0 Å². The standard InChI is InChI=1S/C13H20N4O2/c1-15-6-7-16(2)13(10-15)9-14-11-4-3-5-12(8-11)17(18)19/h3-5,8,13-14H,6-7,9-10H2,1-2H3. The SMILES string of the molecule is CN1CCN(C)C(CNc2cccc([N+](=O)[O-])c2)C1. The molecule has 1 aliphatic heterocycles. The molecule has 1 unspecified atom stereocenters. The maximum absolute atomic E-state index is 10.7. The van der Waals surface area contributed by atoms with E-state index >= 15 is 0 Å². The second-order valence-corrected chi connectivity index (χ2v) is 5.09. The summed E-state index contributed by atoms with van der Waals surface area (Å²) in [6.45, 7) is 3.95. The molecule has 0 amide bonds. The van der Waals surface area contributed by atoms with Gasteiger partial charge < -0.3 is 10.2 Å². The highest BCUT2D eigenvalue weighted by Crippen LogP contribution is 2.17. The number of rotatable bonds is 4. The summed E-state index contributed by atoms with van der Waals surface area (Å²) >= 11 is 0. The van der Waals surface area contributed by atoms with Gasteiger partial charge in [-0.3, -0.25) is 15.0 Å². The first kappa shape index (κ1) is 13.8. The van der Waals surface area contributed by atoms with Gasteiger partial charge in [-0.1, -0.05) is 6.07 Å². The molecule has 1 N–H and O–H groups in total. The molecule has 0 spiro atoms. The van der Waals surface area contributed by atoms with Gasteiger partial charge in [0.2, 0.25) is 0 Å². The zero-order chi connectivity index (χ0) is 13.8. The molecule has 1 atom stereocenters. The molecule has 0 bridgehead atoms. The maximum atomic E-state index is 10.7. The molecule has 1 aliphatic rings. The van der Waals surface area contributed by atoms with Crippen molar-refractivity contribution >= 4 is 11.4 Å². The number of likely N-dealkylation sites (N-methyl/N-ethyl adjacent to an activating group) is 2. The van der Waals surface area contributed by atoms with Crippen molar-refractivity contribution in [3.05, 3.63) is 34.4 Å². The molecule has 0 radical (unpaired) electrons. The number of nitrogens with one attached hydrogen (secondary N) is 1. The minimum Gasteiger partial charge on any atom is -0.383 e. The molecule has 6 nitrogen and oxygen atoms in total. The number of hydrogen-bond donors (Lipinski definition) is 1. The van der Waals surface area contributed by atoms with Gasteiger partial charge in [-0.15, -0.1) is 0 Å². The first-order valence-electron chi connectivity index (χ1n) is 6.43. The Hall–Kier alpha value is -1.66. The van der Waals surface area contributed by atoms with Gasteiger partial charge in [-0.05, 0) is 20.2 Å². The summed E-state index contributed by atoms with van der Waals surface area (Å²) < 4.78 is 0. The molecule has 1 aromatic carbocycles. The zero-order valence-electron chi connectivity index (χ0n) is 11.4. The third-order valence-corrected chi connectivity index (χ3v) is 3.58. The summed E-state index contributed by atoms with van der Waals surface area (Å²) in [7, 11) is 4.24. The monoisotopic (exact) mass is 264 g/mol. The van der Waals surface area contributed by atoms with Gasteiger partial charge in [-0.2, -0.15) is 0 Å². The summed E-state index contributed by atoms with van der Waals surface area (Å²) in [6, 6.07) is 7.08. The molecule has 0 aliphatic carbocycles. The number of benzene rings is 1. The normalized spacial score (nSPS) is 21.3. The van der Waals surface area contributed by atoms with Gasteiger partial charge in [0.25, 0.3) is 5.69 Å². The van der Waals surface area contributed by atoms with Crippen molar-refractivity contribution in [2.24, 2.45) is 0 Å². The summed E-state index contributed by atoms with van der Waals surface area (Å²) in [6.07, 6.45) is 0. The Morgan fingerprint density at radius 2 is 2.21 bits per heavy atom. The van der Waals surface area contributed by atoms with E-state index in [2.05, 4.69) is 29.2 Å². The summed E-state index contributed by atoms with van der Waals surface area (Å²) in [5.74, 6) is 0.